The highest BCUT2D eigenvalue weighted by Gasteiger charge is 2.23. The number of hydrogen-bond donors (Lipinski definition) is 1. The fourth-order valence-corrected chi connectivity index (χ4v) is 3.63. The lowest BCUT2D eigenvalue weighted by molar-refractivity contribution is 0.567. The maximum atomic E-state index is 13.3. The topological polar surface area (TPSA) is 41.1 Å². The molecule has 1 N–H and O–H groups in total. The number of rotatable bonds is 4. The highest BCUT2D eigenvalue weighted by Crippen LogP contribution is 2.31. The molecular formula is C22H25FN4. The van der Waals surface area contributed by atoms with Gasteiger partial charge in [0, 0.05) is 18.5 Å². The summed E-state index contributed by atoms with van der Waals surface area (Å²) in [5.41, 5.74) is 1.54. The standard InChI is InChI=1S/C22H25FN4/c1-22(2,16-10-12-17(23)13-11-16)26-20-18-8-4-5-9-19(18)24-21(25-20)27-14-6-3-7-15-27/h4-5,8-13H,3,6-7,14-15H2,1-2H3,(H,24,25,26). The number of fused-ring (bicyclic) bond motifs is 1. The zero-order chi connectivity index (χ0) is 18.9. The van der Waals surface area contributed by atoms with Crippen LogP contribution in [0.15, 0.2) is 48.5 Å². The molecule has 0 saturated carbocycles. The van der Waals surface area contributed by atoms with Crippen LogP contribution in [0.2, 0.25) is 0 Å². The fraction of sp³-hybridized carbons (Fsp3) is 0.364. The van der Waals surface area contributed by atoms with Gasteiger partial charge in [-0.15, -0.1) is 0 Å². The lowest BCUT2D eigenvalue weighted by Crippen LogP contribution is -2.32. The molecule has 5 heteroatoms. The molecule has 27 heavy (non-hydrogen) atoms. The number of hydrogen-bond acceptors (Lipinski definition) is 4. The lowest BCUT2D eigenvalue weighted by atomic mass is 9.94. The summed E-state index contributed by atoms with van der Waals surface area (Å²) in [6, 6.07) is 14.7. The minimum atomic E-state index is -0.399. The predicted octanol–water partition coefficient (Wildman–Crippen LogP) is 5.11. The summed E-state index contributed by atoms with van der Waals surface area (Å²) in [6.45, 7) is 6.16. The highest BCUT2D eigenvalue weighted by atomic mass is 19.1. The average Bonchev–Trinajstić information content (AvgIpc) is 2.69. The first-order valence-electron chi connectivity index (χ1n) is 9.59. The summed E-state index contributed by atoms with van der Waals surface area (Å²) in [5, 5.41) is 4.57. The van der Waals surface area contributed by atoms with E-state index in [-0.39, 0.29) is 5.82 Å². The number of halogens is 1. The van der Waals surface area contributed by atoms with Gasteiger partial charge in [-0.1, -0.05) is 24.3 Å². The van der Waals surface area contributed by atoms with E-state index in [1.165, 1.54) is 31.4 Å². The fourth-order valence-electron chi connectivity index (χ4n) is 3.63. The number of nitrogens with one attached hydrogen (secondary N) is 1. The SMILES string of the molecule is CC(C)(Nc1nc(N2CCCCC2)nc2ccccc12)c1ccc(F)cc1. The van der Waals surface area contributed by atoms with Crippen molar-refractivity contribution in [2.45, 2.75) is 38.6 Å². The van der Waals surface area contributed by atoms with E-state index in [2.05, 4.69) is 24.1 Å². The van der Waals surface area contributed by atoms with Gasteiger partial charge in [0.05, 0.1) is 11.1 Å². The van der Waals surface area contributed by atoms with Crippen LogP contribution in [0.3, 0.4) is 0 Å². The summed E-state index contributed by atoms with van der Waals surface area (Å²) in [6.07, 6.45) is 3.63. The van der Waals surface area contributed by atoms with Crippen molar-refractivity contribution in [3.05, 3.63) is 59.9 Å². The van der Waals surface area contributed by atoms with E-state index in [1.54, 1.807) is 0 Å². The molecule has 0 atom stereocenters. The molecule has 0 amide bonds. The van der Waals surface area contributed by atoms with E-state index < -0.39 is 5.54 Å². The summed E-state index contributed by atoms with van der Waals surface area (Å²) >= 11 is 0. The number of benzene rings is 2. The second-order valence-corrected chi connectivity index (χ2v) is 7.69. The number of nitrogens with zero attached hydrogens (tertiary/aromatic N) is 3. The molecule has 0 unspecified atom stereocenters. The van der Waals surface area contributed by atoms with Crippen LogP contribution in [0.25, 0.3) is 10.9 Å². The largest absolute Gasteiger partial charge is 0.360 e. The second-order valence-electron chi connectivity index (χ2n) is 7.69. The summed E-state index contributed by atoms with van der Waals surface area (Å²) < 4.78 is 13.3. The Kier molecular flexibility index (Phi) is 4.68. The van der Waals surface area contributed by atoms with Crippen molar-refractivity contribution in [2.24, 2.45) is 0 Å². The Morgan fingerprint density at radius 3 is 2.37 bits per heavy atom. The van der Waals surface area contributed by atoms with Gasteiger partial charge in [0.15, 0.2) is 0 Å². The molecule has 0 aliphatic carbocycles. The molecule has 1 fully saturated rings. The minimum Gasteiger partial charge on any atom is -0.360 e. The Morgan fingerprint density at radius 2 is 1.63 bits per heavy atom. The predicted molar refractivity (Wildman–Crippen MR) is 109 cm³/mol. The van der Waals surface area contributed by atoms with Gasteiger partial charge in [-0.05, 0) is 62.9 Å². The molecule has 1 aliphatic heterocycles. The third kappa shape index (κ3) is 3.72. The van der Waals surface area contributed by atoms with Crippen molar-refractivity contribution in [1.29, 1.82) is 0 Å². The first kappa shape index (κ1) is 17.7. The van der Waals surface area contributed by atoms with Gasteiger partial charge >= 0.3 is 0 Å². The third-order valence-corrected chi connectivity index (χ3v) is 5.23. The van der Waals surface area contributed by atoms with Crippen LogP contribution >= 0.6 is 0 Å². The van der Waals surface area contributed by atoms with Gasteiger partial charge in [-0.25, -0.2) is 9.37 Å². The molecular weight excluding hydrogens is 339 g/mol. The quantitative estimate of drug-likeness (QED) is 0.699. The molecule has 0 radical (unpaired) electrons. The van der Waals surface area contributed by atoms with Crippen LogP contribution in [0.5, 0.6) is 0 Å². The maximum absolute atomic E-state index is 13.3. The zero-order valence-electron chi connectivity index (χ0n) is 15.9. The molecule has 140 valence electrons. The van der Waals surface area contributed by atoms with E-state index in [0.717, 1.165) is 41.3 Å². The molecule has 0 spiro atoms. The molecule has 0 bridgehead atoms. The Hall–Kier alpha value is -2.69. The smallest absolute Gasteiger partial charge is 0.227 e. The Morgan fingerprint density at radius 1 is 0.926 bits per heavy atom. The molecule has 1 aromatic heterocycles. The summed E-state index contributed by atoms with van der Waals surface area (Å²) in [4.78, 5) is 12.0. The minimum absolute atomic E-state index is 0.227. The zero-order valence-corrected chi connectivity index (χ0v) is 15.9. The van der Waals surface area contributed by atoms with E-state index in [1.807, 2.05) is 36.4 Å². The average molecular weight is 364 g/mol. The summed E-state index contributed by atoms with van der Waals surface area (Å²) in [7, 11) is 0. The van der Waals surface area contributed by atoms with Crippen molar-refractivity contribution in [2.75, 3.05) is 23.3 Å². The first-order chi connectivity index (χ1) is 13.0. The van der Waals surface area contributed by atoms with Gasteiger partial charge in [0.25, 0.3) is 0 Å². The van der Waals surface area contributed by atoms with Gasteiger partial charge in [0.2, 0.25) is 5.95 Å². The Balaban J connectivity index is 1.74. The molecule has 4 nitrogen and oxygen atoms in total. The normalized spacial score (nSPS) is 15.1. The molecule has 2 heterocycles. The molecule has 3 aromatic rings. The first-order valence-corrected chi connectivity index (χ1v) is 9.59. The van der Waals surface area contributed by atoms with E-state index >= 15 is 0 Å². The van der Waals surface area contributed by atoms with Gasteiger partial charge in [-0.3, -0.25) is 0 Å². The number of anilines is 2. The van der Waals surface area contributed by atoms with Crippen LogP contribution in [0.4, 0.5) is 16.2 Å². The monoisotopic (exact) mass is 364 g/mol. The van der Waals surface area contributed by atoms with Crippen LogP contribution in [-0.4, -0.2) is 23.1 Å². The highest BCUT2D eigenvalue weighted by molar-refractivity contribution is 5.90. The second kappa shape index (κ2) is 7.14. The van der Waals surface area contributed by atoms with Crippen LogP contribution in [-0.2, 0) is 5.54 Å². The van der Waals surface area contributed by atoms with Gasteiger partial charge in [0.1, 0.15) is 11.6 Å². The molecule has 1 saturated heterocycles. The Bertz CT molecular complexity index is 931. The van der Waals surface area contributed by atoms with Crippen LogP contribution in [0.1, 0.15) is 38.7 Å². The van der Waals surface area contributed by atoms with Crippen molar-refractivity contribution in [1.82, 2.24) is 9.97 Å². The lowest BCUT2D eigenvalue weighted by Gasteiger charge is -2.30. The van der Waals surface area contributed by atoms with Crippen molar-refractivity contribution in [3.8, 4) is 0 Å². The van der Waals surface area contributed by atoms with E-state index in [9.17, 15) is 4.39 Å². The van der Waals surface area contributed by atoms with Crippen molar-refractivity contribution >= 4 is 22.7 Å². The van der Waals surface area contributed by atoms with E-state index in [4.69, 9.17) is 9.97 Å². The van der Waals surface area contributed by atoms with Crippen molar-refractivity contribution < 1.29 is 4.39 Å². The van der Waals surface area contributed by atoms with Crippen LogP contribution in [0, 0.1) is 5.82 Å². The Labute approximate surface area is 159 Å². The van der Waals surface area contributed by atoms with E-state index in [0.29, 0.717) is 0 Å². The van der Waals surface area contributed by atoms with Crippen molar-refractivity contribution in [3.63, 3.8) is 0 Å². The van der Waals surface area contributed by atoms with Crippen LogP contribution < -0.4 is 10.2 Å². The maximum Gasteiger partial charge on any atom is 0.227 e. The third-order valence-electron chi connectivity index (χ3n) is 5.23. The number of piperidine rings is 1. The molecule has 4 rings (SSSR count). The summed E-state index contributed by atoms with van der Waals surface area (Å²) in [5.74, 6) is 1.37. The molecule has 2 aromatic carbocycles. The van der Waals surface area contributed by atoms with Gasteiger partial charge < -0.3 is 10.2 Å². The number of para-hydroxylation sites is 1. The number of aromatic nitrogens is 2. The van der Waals surface area contributed by atoms with Gasteiger partial charge in [-0.2, -0.15) is 4.98 Å². The molecule has 1 aliphatic rings.